The van der Waals surface area contributed by atoms with E-state index in [0.29, 0.717) is 0 Å². The number of nitrogens with one attached hydrogen (secondary N) is 1. The van der Waals surface area contributed by atoms with E-state index < -0.39 is 5.97 Å². The maximum Gasteiger partial charge on any atom is 0.304 e. The first kappa shape index (κ1) is 16.7. The van der Waals surface area contributed by atoms with Gasteiger partial charge in [-0.25, -0.2) is 0 Å². The van der Waals surface area contributed by atoms with E-state index in [1.807, 2.05) is 0 Å². The van der Waals surface area contributed by atoms with Crippen LogP contribution in [0.4, 0.5) is 0 Å². The lowest BCUT2D eigenvalue weighted by atomic mass is 10.1. The van der Waals surface area contributed by atoms with Gasteiger partial charge in [-0.15, -0.1) is 0 Å². The summed E-state index contributed by atoms with van der Waals surface area (Å²) in [5.41, 5.74) is 0. The van der Waals surface area contributed by atoms with E-state index in [0.717, 1.165) is 51.5 Å². The highest BCUT2D eigenvalue weighted by Gasteiger charge is 2.11. The van der Waals surface area contributed by atoms with Gasteiger partial charge in [0.25, 0.3) is 0 Å². The van der Waals surface area contributed by atoms with Crippen LogP contribution in [0.25, 0.3) is 0 Å². The number of aliphatic carboxylic acids is 1. The fourth-order valence-electron chi connectivity index (χ4n) is 2.26. The van der Waals surface area contributed by atoms with Crippen LogP contribution in [0, 0.1) is 0 Å². The number of carboxylic acid groups (broad SMARTS) is 1. The molecule has 112 valence electrons. The van der Waals surface area contributed by atoms with E-state index in [1.165, 1.54) is 0 Å². The van der Waals surface area contributed by atoms with Crippen LogP contribution in [-0.4, -0.2) is 23.7 Å². The lowest BCUT2D eigenvalue weighted by Gasteiger charge is -2.16. The molecule has 0 bridgehead atoms. The summed E-state index contributed by atoms with van der Waals surface area (Å²) in [5.74, 6) is -0.716. The summed E-state index contributed by atoms with van der Waals surface area (Å²) in [4.78, 5) is 10.9. The van der Waals surface area contributed by atoms with Crippen molar-refractivity contribution in [2.45, 2.75) is 57.4 Å². The van der Waals surface area contributed by atoms with E-state index >= 15 is 0 Å². The zero-order valence-electron chi connectivity index (χ0n) is 12.3. The van der Waals surface area contributed by atoms with Gasteiger partial charge in [-0.1, -0.05) is 36.5 Å². The standard InChI is InChI=1S/C17H27NO2/c19-17(20)15-16-13-11-9-7-5-3-1-2-4-6-8-10-12-14-18-16/h1,3-4,6-7,9,16,18H,2,5,8,10-15H2,(H,19,20)/b3-1+,6-4+,9-7+. The van der Waals surface area contributed by atoms with Crippen molar-refractivity contribution in [1.82, 2.24) is 5.32 Å². The number of hydrogen-bond donors (Lipinski definition) is 2. The quantitative estimate of drug-likeness (QED) is 0.754. The summed E-state index contributed by atoms with van der Waals surface area (Å²) in [7, 11) is 0. The van der Waals surface area contributed by atoms with Crippen molar-refractivity contribution in [3.05, 3.63) is 36.5 Å². The van der Waals surface area contributed by atoms with Crippen LogP contribution in [0.5, 0.6) is 0 Å². The lowest BCUT2D eigenvalue weighted by Crippen LogP contribution is -2.32. The monoisotopic (exact) mass is 277 g/mol. The second-order valence-corrected chi connectivity index (χ2v) is 5.21. The van der Waals surface area contributed by atoms with Gasteiger partial charge in [-0.3, -0.25) is 4.79 Å². The predicted octanol–water partition coefficient (Wildman–Crippen LogP) is 3.83. The SMILES string of the molecule is O=C(O)CC1CC/C=C/C/C=C/C/C=C/CCCCN1. The Morgan fingerprint density at radius 1 is 1.00 bits per heavy atom. The summed E-state index contributed by atoms with van der Waals surface area (Å²) in [6, 6.07) is 0.0936. The molecule has 0 amide bonds. The first-order chi connectivity index (χ1) is 9.79. The van der Waals surface area contributed by atoms with E-state index in [4.69, 9.17) is 5.11 Å². The van der Waals surface area contributed by atoms with Gasteiger partial charge in [0.15, 0.2) is 0 Å². The number of allylic oxidation sites excluding steroid dienone is 6. The van der Waals surface area contributed by atoms with Crippen LogP contribution in [0.3, 0.4) is 0 Å². The molecule has 1 aliphatic rings. The molecule has 0 saturated heterocycles. The summed E-state index contributed by atoms with van der Waals surface area (Å²) in [5, 5.41) is 12.3. The number of carboxylic acids is 1. The fourth-order valence-corrected chi connectivity index (χ4v) is 2.26. The van der Waals surface area contributed by atoms with Crippen LogP contribution in [0.2, 0.25) is 0 Å². The highest BCUT2D eigenvalue weighted by molar-refractivity contribution is 5.67. The van der Waals surface area contributed by atoms with Crippen molar-refractivity contribution in [3.63, 3.8) is 0 Å². The van der Waals surface area contributed by atoms with Gasteiger partial charge < -0.3 is 10.4 Å². The number of carbonyl (C=O) groups is 1. The van der Waals surface area contributed by atoms with Crippen molar-refractivity contribution in [2.24, 2.45) is 0 Å². The van der Waals surface area contributed by atoms with Crippen molar-refractivity contribution in [2.75, 3.05) is 6.54 Å². The zero-order valence-corrected chi connectivity index (χ0v) is 12.3. The van der Waals surface area contributed by atoms with Crippen molar-refractivity contribution >= 4 is 5.97 Å². The molecule has 1 rings (SSSR count). The van der Waals surface area contributed by atoms with Crippen LogP contribution < -0.4 is 5.32 Å². The van der Waals surface area contributed by atoms with Gasteiger partial charge in [-0.2, -0.15) is 0 Å². The van der Waals surface area contributed by atoms with Crippen LogP contribution in [0.1, 0.15) is 51.4 Å². The van der Waals surface area contributed by atoms with Crippen LogP contribution in [0.15, 0.2) is 36.5 Å². The molecule has 0 fully saturated rings. The molecule has 3 heteroatoms. The first-order valence-electron chi connectivity index (χ1n) is 7.69. The molecule has 0 aromatic carbocycles. The van der Waals surface area contributed by atoms with Gasteiger partial charge in [0.05, 0.1) is 6.42 Å². The Kier molecular flexibility index (Phi) is 9.58. The molecule has 0 aromatic heterocycles. The minimum atomic E-state index is -0.716. The van der Waals surface area contributed by atoms with Gasteiger partial charge in [0.1, 0.15) is 0 Å². The van der Waals surface area contributed by atoms with Crippen LogP contribution in [-0.2, 0) is 4.79 Å². The molecule has 3 nitrogen and oxygen atoms in total. The normalized spacial score (nSPS) is 27.5. The highest BCUT2D eigenvalue weighted by Crippen LogP contribution is 2.06. The molecule has 0 saturated carbocycles. The zero-order chi connectivity index (χ0) is 14.5. The Hall–Kier alpha value is -1.35. The predicted molar refractivity (Wildman–Crippen MR) is 83.8 cm³/mol. The molecule has 0 radical (unpaired) electrons. The van der Waals surface area contributed by atoms with Crippen molar-refractivity contribution < 1.29 is 9.90 Å². The molecule has 0 spiro atoms. The molecular formula is C17H27NO2. The minimum Gasteiger partial charge on any atom is -0.481 e. The Bertz CT molecular complexity index is 345. The molecule has 1 heterocycles. The second-order valence-electron chi connectivity index (χ2n) is 5.21. The van der Waals surface area contributed by atoms with E-state index in [-0.39, 0.29) is 12.5 Å². The molecule has 0 aliphatic carbocycles. The summed E-state index contributed by atoms with van der Waals surface area (Å²) in [6.07, 6.45) is 20.6. The molecule has 2 N–H and O–H groups in total. The molecule has 1 atom stereocenters. The van der Waals surface area contributed by atoms with Crippen molar-refractivity contribution in [1.29, 1.82) is 0 Å². The summed E-state index contributed by atoms with van der Waals surface area (Å²) in [6.45, 7) is 0.912. The largest absolute Gasteiger partial charge is 0.481 e. The lowest BCUT2D eigenvalue weighted by molar-refractivity contribution is -0.137. The fraction of sp³-hybridized carbons (Fsp3) is 0.588. The van der Waals surface area contributed by atoms with Crippen molar-refractivity contribution in [3.8, 4) is 0 Å². The third-order valence-corrected chi connectivity index (χ3v) is 3.38. The molecule has 1 unspecified atom stereocenters. The third-order valence-electron chi connectivity index (χ3n) is 3.38. The Morgan fingerprint density at radius 2 is 1.65 bits per heavy atom. The van der Waals surface area contributed by atoms with E-state index in [1.54, 1.807) is 0 Å². The average molecular weight is 277 g/mol. The molecule has 1 aliphatic heterocycles. The second kappa shape index (κ2) is 11.5. The smallest absolute Gasteiger partial charge is 0.304 e. The Labute approximate surface area is 122 Å². The maximum absolute atomic E-state index is 10.9. The highest BCUT2D eigenvalue weighted by atomic mass is 16.4. The van der Waals surface area contributed by atoms with Crippen LogP contribution >= 0.6 is 0 Å². The first-order valence-corrected chi connectivity index (χ1v) is 7.69. The number of rotatable bonds is 2. The average Bonchev–Trinajstić information content (AvgIpc) is 2.40. The van der Waals surface area contributed by atoms with Gasteiger partial charge in [0, 0.05) is 6.04 Å². The van der Waals surface area contributed by atoms with E-state index in [9.17, 15) is 4.79 Å². The summed E-state index contributed by atoms with van der Waals surface area (Å²) >= 11 is 0. The van der Waals surface area contributed by atoms with Gasteiger partial charge in [-0.05, 0) is 51.5 Å². The topological polar surface area (TPSA) is 49.3 Å². The minimum absolute atomic E-state index is 0.0936. The Morgan fingerprint density at radius 3 is 2.35 bits per heavy atom. The van der Waals surface area contributed by atoms with Gasteiger partial charge in [0.2, 0.25) is 0 Å². The number of hydrogen-bond acceptors (Lipinski definition) is 2. The molecular weight excluding hydrogens is 250 g/mol. The van der Waals surface area contributed by atoms with Gasteiger partial charge >= 0.3 is 5.97 Å². The maximum atomic E-state index is 10.9. The Balaban J connectivity index is 2.43. The summed E-state index contributed by atoms with van der Waals surface area (Å²) < 4.78 is 0. The molecule has 20 heavy (non-hydrogen) atoms. The molecule has 0 aromatic rings. The van der Waals surface area contributed by atoms with E-state index in [2.05, 4.69) is 41.8 Å². The third kappa shape index (κ3) is 9.56.